The Morgan fingerprint density at radius 2 is 1.42 bits per heavy atom. The second-order valence-electron chi connectivity index (χ2n) is 5.78. The van der Waals surface area contributed by atoms with Crippen LogP contribution in [0.25, 0.3) is 0 Å². The molecule has 24 heavy (non-hydrogen) atoms. The van der Waals surface area contributed by atoms with Crippen LogP contribution in [0.3, 0.4) is 0 Å². The highest BCUT2D eigenvalue weighted by Gasteiger charge is 2.35. The maximum absolute atomic E-state index is 11.7. The zero-order valence-corrected chi connectivity index (χ0v) is 14.8. The minimum atomic E-state index is -2.21. The summed E-state index contributed by atoms with van der Waals surface area (Å²) in [6.45, 7) is 2.29. The number of methoxy groups -OCH3 is 1. The summed E-state index contributed by atoms with van der Waals surface area (Å²) in [5.74, 6) is -0.364. The standard InChI is InChI=1S/C20H19NO2Si/c1-23-20(22)16-13-14-19(21-15-16)24(2,17-9-5-3-6-10-17)18-11-7-4-8-12-18/h3-15H,1-2H3. The summed E-state index contributed by atoms with van der Waals surface area (Å²) >= 11 is 0. The highest BCUT2D eigenvalue weighted by Crippen LogP contribution is 2.07. The van der Waals surface area contributed by atoms with Crippen molar-refractivity contribution in [3.05, 3.63) is 84.6 Å². The lowest BCUT2D eigenvalue weighted by Gasteiger charge is -2.28. The van der Waals surface area contributed by atoms with Crippen LogP contribution in [0.4, 0.5) is 0 Å². The molecule has 1 heterocycles. The lowest BCUT2D eigenvalue weighted by Crippen LogP contribution is -2.65. The molecule has 0 aliphatic carbocycles. The number of esters is 1. The first-order valence-corrected chi connectivity index (χ1v) is 10.3. The van der Waals surface area contributed by atoms with E-state index in [1.165, 1.54) is 17.5 Å². The molecular weight excluding hydrogens is 314 g/mol. The lowest BCUT2D eigenvalue weighted by molar-refractivity contribution is 0.0600. The Morgan fingerprint density at radius 3 is 1.83 bits per heavy atom. The molecule has 3 nitrogen and oxygen atoms in total. The number of carbonyl (C=O) groups is 1. The third-order valence-electron chi connectivity index (χ3n) is 4.40. The van der Waals surface area contributed by atoms with Gasteiger partial charge in [-0.1, -0.05) is 67.2 Å². The SMILES string of the molecule is COC(=O)c1ccc([Si](C)(c2ccccc2)c2ccccc2)nc1. The van der Waals surface area contributed by atoms with Crippen LogP contribution in [0.5, 0.6) is 0 Å². The Kier molecular flexibility index (Phi) is 4.58. The third-order valence-corrected chi connectivity index (χ3v) is 8.70. The Labute approximate surface area is 143 Å². The van der Waals surface area contributed by atoms with Crippen LogP contribution >= 0.6 is 0 Å². The molecule has 1 aromatic heterocycles. The largest absolute Gasteiger partial charge is 0.465 e. The maximum atomic E-state index is 11.7. The van der Waals surface area contributed by atoms with Gasteiger partial charge in [-0.15, -0.1) is 0 Å². The number of benzene rings is 2. The summed E-state index contributed by atoms with van der Waals surface area (Å²) in [5, 5.41) is 3.59. The molecule has 4 heteroatoms. The van der Waals surface area contributed by atoms with E-state index in [2.05, 4.69) is 60.1 Å². The maximum Gasteiger partial charge on any atom is 0.339 e. The highest BCUT2D eigenvalue weighted by molar-refractivity contribution is 7.10. The normalized spacial score (nSPS) is 11.1. The summed E-state index contributed by atoms with van der Waals surface area (Å²) in [7, 11) is -0.831. The highest BCUT2D eigenvalue weighted by atomic mass is 28.3. The first-order chi connectivity index (χ1) is 11.7. The Hall–Kier alpha value is -2.72. The van der Waals surface area contributed by atoms with Gasteiger partial charge in [0.1, 0.15) is 0 Å². The number of nitrogens with zero attached hydrogens (tertiary/aromatic N) is 1. The van der Waals surface area contributed by atoms with Gasteiger partial charge >= 0.3 is 5.97 Å². The number of pyridine rings is 1. The van der Waals surface area contributed by atoms with Crippen LogP contribution in [-0.2, 0) is 4.74 Å². The minimum absolute atomic E-state index is 0.364. The van der Waals surface area contributed by atoms with Gasteiger partial charge in [-0.05, 0) is 22.5 Å². The predicted molar refractivity (Wildman–Crippen MR) is 99.0 cm³/mol. The van der Waals surface area contributed by atoms with Crippen molar-refractivity contribution in [2.45, 2.75) is 6.55 Å². The number of carbonyl (C=O) groups excluding carboxylic acids is 1. The number of ether oxygens (including phenoxy) is 1. The van der Waals surface area contributed by atoms with Crippen LogP contribution < -0.4 is 15.7 Å². The summed E-state index contributed by atoms with van der Waals surface area (Å²) in [6, 6.07) is 24.7. The van der Waals surface area contributed by atoms with E-state index in [1.54, 1.807) is 12.3 Å². The smallest absolute Gasteiger partial charge is 0.339 e. The van der Waals surface area contributed by atoms with Crippen molar-refractivity contribution in [2.24, 2.45) is 0 Å². The Balaban J connectivity index is 2.14. The van der Waals surface area contributed by atoms with Gasteiger partial charge in [-0.25, -0.2) is 4.79 Å². The second-order valence-corrected chi connectivity index (χ2v) is 9.70. The van der Waals surface area contributed by atoms with Gasteiger partial charge in [0, 0.05) is 11.5 Å². The van der Waals surface area contributed by atoms with Gasteiger partial charge in [-0.3, -0.25) is 4.98 Å². The molecule has 0 aliphatic rings. The second kappa shape index (κ2) is 6.80. The van der Waals surface area contributed by atoms with Crippen molar-refractivity contribution in [3.63, 3.8) is 0 Å². The van der Waals surface area contributed by atoms with Crippen molar-refractivity contribution in [2.75, 3.05) is 7.11 Å². The molecule has 0 bridgehead atoms. The Bertz CT molecular complexity index is 778. The fourth-order valence-electron chi connectivity index (χ4n) is 2.93. The summed E-state index contributed by atoms with van der Waals surface area (Å²) in [5.41, 5.74) is 0.471. The minimum Gasteiger partial charge on any atom is -0.465 e. The van der Waals surface area contributed by atoms with Crippen LogP contribution in [0.1, 0.15) is 10.4 Å². The molecule has 0 amide bonds. The van der Waals surface area contributed by atoms with E-state index in [4.69, 9.17) is 4.74 Å². The third kappa shape index (κ3) is 2.88. The molecule has 3 aromatic rings. The van der Waals surface area contributed by atoms with Gasteiger partial charge in [0.2, 0.25) is 0 Å². The van der Waals surface area contributed by atoms with Crippen LogP contribution in [0, 0.1) is 0 Å². The number of aromatic nitrogens is 1. The van der Waals surface area contributed by atoms with Crippen molar-refractivity contribution >= 4 is 29.7 Å². The molecular formula is C20H19NO2Si. The summed E-state index contributed by atoms with van der Waals surface area (Å²) in [6.07, 6.45) is 1.61. The Morgan fingerprint density at radius 1 is 0.875 bits per heavy atom. The summed E-state index contributed by atoms with van der Waals surface area (Å²) in [4.78, 5) is 16.3. The predicted octanol–water partition coefficient (Wildman–Crippen LogP) is 1.97. The molecule has 0 N–H and O–H groups in total. The van der Waals surface area contributed by atoms with E-state index in [1.807, 2.05) is 18.2 Å². The van der Waals surface area contributed by atoms with Crippen molar-refractivity contribution in [3.8, 4) is 0 Å². The molecule has 0 saturated heterocycles. The molecule has 0 unspecified atom stereocenters. The van der Waals surface area contributed by atoms with Crippen LogP contribution in [-0.4, -0.2) is 26.1 Å². The van der Waals surface area contributed by atoms with E-state index < -0.39 is 8.07 Å². The van der Waals surface area contributed by atoms with Crippen molar-refractivity contribution in [1.29, 1.82) is 0 Å². The molecule has 0 aliphatic heterocycles. The number of hydrogen-bond acceptors (Lipinski definition) is 3. The molecule has 3 rings (SSSR count). The zero-order valence-electron chi connectivity index (χ0n) is 13.8. The summed E-state index contributed by atoms with van der Waals surface area (Å²) < 4.78 is 4.76. The molecule has 0 saturated carbocycles. The van der Waals surface area contributed by atoms with Crippen LogP contribution in [0.2, 0.25) is 6.55 Å². The molecule has 0 atom stereocenters. The van der Waals surface area contributed by atoms with E-state index >= 15 is 0 Å². The number of hydrogen-bond donors (Lipinski definition) is 0. The molecule has 0 spiro atoms. The monoisotopic (exact) mass is 333 g/mol. The zero-order chi connectivity index (χ0) is 17.0. The topological polar surface area (TPSA) is 39.2 Å². The van der Waals surface area contributed by atoms with Gasteiger partial charge in [0.05, 0.1) is 12.7 Å². The van der Waals surface area contributed by atoms with Gasteiger partial charge in [0.25, 0.3) is 0 Å². The molecule has 2 aromatic carbocycles. The van der Waals surface area contributed by atoms with Crippen molar-refractivity contribution in [1.82, 2.24) is 4.98 Å². The average molecular weight is 333 g/mol. The van der Waals surface area contributed by atoms with Gasteiger partial charge < -0.3 is 4.74 Å². The molecule has 0 fully saturated rings. The lowest BCUT2D eigenvalue weighted by atomic mass is 10.3. The first kappa shape index (κ1) is 16.1. The van der Waals surface area contributed by atoms with Gasteiger partial charge in [0.15, 0.2) is 8.07 Å². The fourth-order valence-corrected chi connectivity index (χ4v) is 6.32. The van der Waals surface area contributed by atoms with Crippen molar-refractivity contribution < 1.29 is 9.53 Å². The van der Waals surface area contributed by atoms with Crippen LogP contribution in [0.15, 0.2) is 79.0 Å². The van der Waals surface area contributed by atoms with E-state index in [0.717, 1.165) is 5.32 Å². The van der Waals surface area contributed by atoms with E-state index in [9.17, 15) is 4.79 Å². The average Bonchev–Trinajstić information content (AvgIpc) is 2.68. The van der Waals surface area contributed by atoms with E-state index in [0.29, 0.717) is 5.56 Å². The quantitative estimate of drug-likeness (QED) is 0.541. The first-order valence-electron chi connectivity index (χ1n) is 7.82. The molecule has 120 valence electrons. The fraction of sp³-hybridized carbons (Fsp3) is 0.100. The molecule has 0 radical (unpaired) electrons. The van der Waals surface area contributed by atoms with Gasteiger partial charge in [-0.2, -0.15) is 0 Å². The number of rotatable bonds is 4. The van der Waals surface area contributed by atoms with E-state index in [-0.39, 0.29) is 5.97 Å².